The molecule has 2 N–H and O–H groups in total. The van der Waals surface area contributed by atoms with Crippen molar-refractivity contribution in [1.82, 2.24) is 25.5 Å². The summed E-state index contributed by atoms with van der Waals surface area (Å²) in [6.07, 6.45) is 1.50. The zero-order valence-corrected chi connectivity index (χ0v) is 17.1. The highest BCUT2D eigenvalue weighted by Gasteiger charge is 2.48. The number of nitrogens with one attached hydrogen (secondary N) is 1. The van der Waals surface area contributed by atoms with Gasteiger partial charge in [-0.2, -0.15) is 5.21 Å². The number of carboxylic acids is 1. The van der Waals surface area contributed by atoms with Gasteiger partial charge in [0.15, 0.2) is 5.82 Å². The Balaban J connectivity index is 1.38. The number of amides is 1. The van der Waals surface area contributed by atoms with E-state index in [9.17, 15) is 14.7 Å². The lowest BCUT2D eigenvalue weighted by atomic mass is 9.67. The minimum Gasteiger partial charge on any atom is -0.480 e. The molecule has 2 aromatic rings. The van der Waals surface area contributed by atoms with Crippen LogP contribution in [0.3, 0.4) is 0 Å². The molecule has 2 heterocycles. The molecule has 4 rings (SSSR count). The smallest absolute Gasteiger partial charge is 0.410 e. The van der Waals surface area contributed by atoms with E-state index in [1.165, 1.54) is 4.90 Å². The Bertz CT molecular complexity index is 896. The number of ether oxygens (including phenoxy) is 1. The van der Waals surface area contributed by atoms with Gasteiger partial charge >= 0.3 is 12.1 Å². The number of hydrogen-bond donors (Lipinski definition) is 2. The number of benzene rings is 1. The van der Waals surface area contributed by atoms with E-state index < -0.39 is 23.8 Å². The predicted molar refractivity (Wildman–Crippen MR) is 107 cm³/mol. The van der Waals surface area contributed by atoms with Crippen LogP contribution in [0, 0.1) is 11.8 Å². The van der Waals surface area contributed by atoms with E-state index in [1.54, 1.807) is 0 Å². The van der Waals surface area contributed by atoms with Crippen LogP contribution in [-0.4, -0.2) is 60.9 Å². The molecule has 2 fully saturated rings. The fourth-order valence-corrected chi connectivity index (χ4v) is 4.82. The molecule has 4 atom stereocenters. The molecule has 166 valence electrons. The molecule has 1 aliphatic carbocycles. The van der Waals surface area contributed by atoms with Gasteiger partial charge in [0.2, 0.25) is 0 Å². The number of carbonyl (C=O) groups is 2. The highest BCUT2D eigenvalue weighted by atomic mass is 19.1. The fraction of sp³-hybridized carbons (Fsp3) is 0.571. The normalized spacial score (nSPS) is 28.0. The molecule has 4 unspecified atom stereocenters. The van der Waals surface area contributed by atoms with E-state index in [0.717, 1.165) is 5.56 Å². The number of tetrazole rings is 1. The van der Waals surface area contributed by atoms with Crippen LogP contribution in [0.25, 0.3) is 0 Å². The molecular weight excluding hydrogens is 405 g/mol. The fourth-order valence-electron chi connectivity index (χ4n) is 4.82. The van der Waals surface area contributed by atoms with Crippen molar-refractivity contribution in [2.75, 3.05) is 6.54 Å². The van der Waals surface area contributed by atoms with Crippen LogP contribution in [0.1, 0.15) is 43.5 Å². The van der Waals surface area contributed by atoms with Crippen LogP contribution in [0.4, 0.5) is 9.18 Å². The number of aromatic nitrogens is 4. The van der Waals surface area contributed by atoms with Gasteiger partial charge in [0.1, 0.15) is 18.3 Å². The van der Waals surface area contributed by atoms with Gasteiger partial charge in [-0.1, -0.05) is 35.5 Å². The Morgan fingerprint density at radius 3 is 2.81 bits per heavy atom. The number of carboxylic acid groups (broad SMARTS) is 1. The molecule has 1 aromatic heterocycles. The summed E-state index contributed by atoms with van der Waals surface area (Å²) in [6, 6.07) is 8.23. The van der Waals surface area contributed by atoms with Crippen LogP contribution < -0.4 is 0 Å². The Hall–Kier alpha value is -3.04. The molecule has 2 aliphatic rings. The van der Waals surface area contributed by atoms with Gasteiger partial charge in [-0.3, -0.25) is 4.90 Å². The summed E-state index contributed by atoms with van der Waals surface area (Å²) < 4.78 is 20.9. The predicted octanol–water partition coefficient (Wildman–Crippen LogP) is 2.75. The molecule has 9 nitrogen and oxygen atoms in total. The number of hydrogen-bond acceptors (Lipinski definition) is 6. The SMILES string of the molecule is O=C(O)C1CC2CC(F)(CCc3nn[nH]n3)CCC2CN1C(=O)OCc1ccccc1. The molecule has 1 saturated carbocycles. The number of piperidine rings is 1. The van der Waals surface area contributed by atoms with Gasteiger partial charge in [0.05, 0.1) is 0 Å². The minimum atomic E-state index is -1.39. The Morgan fingerprint density at radius 2 is 2.10 bits per heavy atom. The number of aromatic amines is 1. The molecule has 1 aliphatic heterocycles. The van der Waals surface area contributed by atoms with Crippen LogP contribution in [0.5, 0.6) is 0 Å². The third kappa shape index (κ3) is 5.00. The van der Waals surface area contributed by atoms with Crippen LogP contribution >= 0.6 is 0 Å². The van der Waals surface area contributed by atoms with Crippen LogP contribution in [-0.2, 0) is 22.6 Å². The summed E-state index contributed by atoms with van der Waals surface area (Å²) in [5.41, 5.74) is -0.556. The molecule has 1 amide bonds. The number of carbonyl (C=O) groups excluding carboxylic acids is 1. The van der Waals surface area contributed by atoms with Gasteiger partial charge in [-0.25, -0.2) is 14.0 Å². The molecule has 1 aromatic carbocycles. The lowest BCUT2D eigenvalue weighted by Gasteiger charge is -2.47. The van der Waals surface area contributed by atoms with E-state index in [1.807, 2.05) is 30.3 Å². The van der Waals surface area contributed by atoms with Crippen LogP contribution in [0.15, 0.2) is 30.3 Å². The first-order valence-corrected chi connectivity index (χ1v) is 10.5. The number of fused-ring (bicyclic) bond motifs is 1. The summed E-state index contributed by atoms with van der Waals surface area (Å²) in [7, 11) is 0. The quantitative estimate of drug-likeness (QED) is 0.721. The number of rotatable bonds is 6. The maximum atomic E-state index is 15.5. The largest absolute Gasteiger partial charge is 0.480 e. The highest BCUT2D eigenvalue weighted by molar-refractivity contribution is 5.80. The molecule has 0 spiro atoms. The number of nitrogens with zero attached hydrogens (tertiary/aromatic N) is 4. The van der Waals surface area contributed by atoms with E-state index in [-0.39, 0.29) is 44.2 Å². The maximum Gasteiger partial charge on any atom is 0.410 e. The Labute approximate surface area is 179 Å². The number of H-pyrrole nitrogens is 1. The van der Waals surface area contributed by atoms with Crippen molar-refractivity contribution in [3.63, 3.8) is 0 Å². The van der Waals surface area contributed by atoms with Crippen molar-refractivity contribution < 1.29 is 23.8 Å². The summed E-state index contributed by atoms with van der Waals surface area (Å²) >= 11 is 0. The molecule has 10 heteroatoms. The Kier molecular flexibility index (Phi) is 6.15. The molecule has 1 saturated heterocycles. The molecule has 0 radical (unpaired) electrons. The average Bonchev–Trinajstić information content (AvgIpc) is 3.30. The molecule has 0 bridgehead atoms. The number of likely N-dealkylation sites (tertiary alicyclic amines) is 1. The summed E-state index contributed by atoms with van der Waals surface area (Å²) in [4.78, 5) is 25.9. The van der Waals surface area contributed by atoms with E-state index >= 15 is 4.39 Å². The van der Waals surface area contributed by atoms with Crippen molar-refractivity contribution >= 4 is 12.1 Å². The summed E-state index contributed by atoms with van der Waals surface area (Å²) in [5.74, 6) is -0.646. The molecule has 31 heavy (non-hydrogen) atoms. The first-order chi connectivity index (χ1) is 14.9. The van der Waals surface area contributed by atoms with Crippen molar-refractivity contribution in [1.29, 1.82) is 0 Å². The lowest BCUT2D eigenvalue weighted by molar-refractivity contribution is -0.147. The van der Waals surface area contributed by atoms with Crippen molar-refractivity contribution in [2.45, 2.75) is 56.8 Å². The zero-order valence-electron chi connectivity index (χ0n) is 17.1. The van der Waals surface area contributed by atoms with Crippen molar-refractivity contribution in [3.8, 4) is 0 Å². The topological polar surface area (TPSA) is 121 Å². The zero-order chi connectivity index (χ0) is 21.8. The molecular formula is C21H26FN5O4. The van der Waals surface area contributed by atoms with Crippen molar-refractivity contribution in [3.05, 3.63) is 41.7 Å². The minimum absolute atomic E-state index is 0.0638. The monoisotopic (exact) mass is 431 g/mol. The second kappa shape index (κ2) is 8.99. The van der Waals surface area contributed by atoms with Gasteiger partial charge in [0.25, 0.3) is 0 Å². The van der Waals surface area contributed by atoms with Gasteiger partial charge in [-0.15, -0.1) is 10.2 Å². The highest BCUT2D eigenvalue weighted by Crippen LogP contribution is 2.46. The summed E-state index contributed by atoms with van der Waals surface area (Å²) in [5, 5.41) is 23.3. The maximum absolute atomic E-state index is 15.5. The van der Waals surface area contributed by atoms with Crippen molar-refractivity contribution in [2.24, 2.45) is 11.8 Å². The Morgan fingerprint density at radius 1 is 1.29 bits per heavy atom. The number of alkyl halides is 1. The number of halogens is 1. The third-order valence-corrected chi connectivity index (χ3v) is 6.50. The number of aryl methyl sites for hydroxylation is 1. The average molecular weight is 431 g/mol. The van der Waals surface area contributed by atoms with E-state index in [0.29, 0.717) is 25.1 Å². The standard InChI is InChI=1S/C21H26FN5O4/c22-21(9-7-18-23-25-26-24-18)8-6-15-12-27(17(19(28)29)10-16(15)11-21)20(30)31-13-14-4-2-1-3-5-14/h1-5,15-17H,6-13H2,(H,28,29)(H,23,24,25,26). The van der Waals surface area contributed by atoms with E-state index in [2.05, 4.69) is 20.6 Å². The lowest BCUT2D eigenvalue weighted by Crippen LogP contribution is -2.56. The summed E-state index contributed by atoms with van der Waals surface area (Å²) in [6.45, 7) is 0.358. The van der Waals surface area contributed by atoms with Gasteiger partial charge in [0, 0.05) is 13.0 Å². The van der Waals surface area contributed by atoms with Gasteiger partial charge < -0.3 is 9.84 Å². The first-order valence-electron chi connectivity index (χ1n) is 10.5. The second-order valence-corrected chi connectivity index (χ2v) is 8.52. The van der Waals surface area contributed by atoms with E-state index in [4.69, 9.17) is 4.74 Å². The first kappa shape index (κ1) is 21.2. The van der Waals surface area contributed by atoms with Gasteiger partial charge in [-0.05, 0) is 49.5 Å². The number of aliphatic carboxylic acids is 1. The second-order valence-electron chi connectivity index (χ2n) is 8.52. The van der Waals surface area contributed by atoms with Crippen LogP contribution in [0.2, 0.25) is 0 Å². The third-order valence-electron chi connectivity index (χ3n) is 6.50.